The highest BCUT2D eigenvalue weighted by atomic mass is 35.5. The third-order valence-corrected chi connectivity index (χ3v) is 0.857. The molecule has 0 rings (SSSR count). The zero-order valence-corrected chi connectivity index (χ0v) is 5.04. The Morgan fingerprint density at radius 2 is 2.12 bits per heavy atom. The SMILES string of the molecule is C/C=C(\N)C(F)(F)Cl. The lowest BCUT2D eigenvalue weighted by Gasteiger charge is -2.05. The van der Waals surface area contributed by atoms with E-state index in [4.69, 9.17) is 5.73 Å². The molecule has 0 unspecified atom stereocenters. The number of halogens is 3. The monoisotopic (exact) mass is 141 g/mol. The van der Waals surface area contributed by atoms with E-state index in [9.17, 15) is 8.78 Å². The predicted octanol–water partition coefficient (Wildman–Crippen LogP) is 1.68. The summed E-state index contributed by atoms with van der Waals surface area (Å²) in [6.45, 7) is 1.39. The number of alkyl halides is 3. The Balaban J connectivity index is 4.03. The Labute approximate surface area is 51.1 Å². The molecule has 0 aliphatic rings. The van der Waals surface area contributed by atoms with Crippen LogP contribution in [0.1, 0.15) is 6.92 Å². The molecule has 0 heterocycles. The van der Waals surface area contributed by atoms with Crippen molar-refractivity contribution in [2.45, 2.75) is 12.3 Å². The minimum atomic E-state index is -3.38. The molecule has 0 aromatic carbocycles. The van der Waals surface area contributed by atoms with Crippen LogP contribution in [0.3, 0.4) is 0 Å². The van der Waals surface area contributed by atoms with Crippen molar-refractivity contribution < 1.29 is 8.78 Å². The van der Waals surface area contributed by atoms with Gasteiger partial charge in [0.25, 0.3) is 0 Å². The largest absolute Gasteiger partial charge is 0.396 e. The summed E-state index contributed by atoms with van der Waals surface area (Å²) in [4.78, 5) is 0. The second kappa shape index (κ2) is 2.31. The highest BCUT2D eigenvalue weighted by molar-refractivity contribution is 6.23. The van der Waals surface area contributed by atoms with Gasteiger partial charge in [0.05, 0.1) is 5.70 Å². The van der Waals surface area contributed by atoms with Gasteiger partial charge in [0.2, 0.25) is 0 Å². The molecule has 1 nitrogen and oxygen atoms in total. The van der Waals surface area contributed by atoms with Crippen molar-refractivity contribution in [1.82, 2.24) is 0 Å². The maximum atomic E-state index is 11.7. The number of allylic oxidation sites excluding steroid dienone is 2. The molecule has 0 aromatic rings. The molecule has 0 radical (unpaired) electrons. The molecule has 0 saturated carbocycles. The molecule has 0 aromatic heterocycles. The zero-order chi connectivity index (χ0) is 6.78. The first kappa shape index (κ1) is 7.69. The van der Waals surface area contributed by atoms with Gasteiger partial charge in [0, 0.05) is 0 Å². The summed E-state index contributed by atoms with van der Waals surface area (Å²) in [7, 11) is 0. The van der Waals surface area contributed by atoms with E-state index in [0.29, 0.717) is 0 Å². The topological polar surface area (TPSA) is 26.0 Å². The van der Waals surface area contributed by atoms with Crippen molar-refractivity contribution in [3.05, 3.63) is 11.8 Å². The number of hydrogen-bond donors (Lipinski definition) is 1. The van der Waals surface area contributed by atoms with Crippen LogP contribution in [0.4, 0.5) is 8.78 Å². The van der Waals surface area contributed by atoms with Gasteiger partial charge in [-0.05, 0) is 18.5 Å². The number of hydrogen-bond acceptors (Lipinski definition) is 1. The van der Waals surface area contributed by atoms with E-state index < -0.39 is 11.1 Å². The summed E-state index contributed by atoms with van der Waals surface area (Å²) in [5, 5.41) is -3.38. The first-order valence-corrected chi connectivity index (χ1v) is 2.35. The van der Waals surface area contributed by atoms with Gasteiger partial charge >= 0.3 is 5.38 Å². The molecule has 8 heavy (non-hydrogen) atoms. The number of nitrogens with two attached hydrogens (primary N) is 1. The highest BCUT2D eigenvalue weighted by Gasteiger charge is 2.27. The van der Waals surface area contributed by atoms with Crippen LogP contribution in [0.2, 0.25) is 0 Å². The molecule has 0 spiro atoms. The maximum absolute atomic E-state index is 11.7. The van der Waals surface area contributed by atoms with Crippen LogP contribution >= 0.6 is 11.6 Å². The van der Waals surface area contributed by atoms with Crippen molar-refractivity contribution in [1.29, 1.82) is 0 Å². The van der Waals surface area contributed by atoms with E-state index in [-0.39, 0.29) is 0 Å². The van der Waals surface area contributed by atoms with Crippen LogP contribution in [0.25, 0.3) is 0 Å². The van der Waals surface area contributed by atoms with Gasteiger partial charge in [-0.2, -0.15) is 8.78 Å². The summed E-state index contributed by atoms with van der Waals surface area (Å²) >= 11 is 4.46. The molecular formula is C4H6ClF2N. The smallest absolute Gasteiger partial charge is 0.361 e. The fourth-order valence-corrected chi connectivity index (χ4v) is 0.273. The Kier molecular flexibility index (Phi) is 2.22. The third kappa shape index (κ3) is 2.12. The van der Waals surface area contributed by atoms with Crippen LogP contribution in [0.5, 0.6) is 0 Å². The van der Waals surface area contributed by atoms with E-state index in [1.165, 1.54) is 6.92 Å². The first-order chi connectivity index (χ1) is 3.48. The minimum absolute atomic E-state index is 0.612. The van der Waals surface area contributed by atoms with Crippen LogP contribution in [-0.2, 0) is 0 Å². The summed E-state index contributed by atoms with van der Waals surface area (Å²) in [6, 6.07) is 0. The van der Waals surface area contributed by atoms with Crippen molar-refractivity contribution in [3.8, 4) is 0 Å². The second-order valence-corrected chi connectivity index (χ2v) is 1.72. The van der Waals surface area contributed by atoms with Gasteiger partial charge in [0.15, 0.2) is 0 Å². The normalized spacial score (nSPS) is 14.2. The van der Waals surface area contributed by atoms with Crippen molar-refractivity contribution in [2.24, 2.45) is 5.73 Å². The standard InChI is InChI=1S/C4H6ClF2N/c1-2-3(8)4(5,6)7/h2H,8H2,1H3/b3-2-. The second-order valence-electron chi connectivity index (χ2n) is 1.24. The molecule has 0 amide bonds. The molecule has 0 saturated heterocycles. The highest BCUT2D eigenvalue weighted by Crippen LogP contribution is 2.24. The third-order valence-electron chi connectivity index (χ3n) is 0.638. The van der Waals surface area contributed by atoms with Gasteiger partial charge in [-0.3, -0.25) is 0 Å². The van der Waals surface area contributed by atoms with Crippen LogP contribution in [0, 0.1) is 0 Å². The lowest BCUT2D eigenvalue weighted by atomic mass is 10.4. The molecule has 0 aliphatic heterocycles. The van der Waals surface area contributed by atoms with Crippen LogP contribution in [-0.4, -0.2) is 5.38 Å². The van der Waals surface area contributed by atoms with Crippen molar-refractivity contribution in [3.63, 3.8) is 0 Å². The Bertz CT molecular complexity index is 105. The lowest BCUT2D eigenvalue weighted by molar-refractivity contribution is 0.136. The molecule has 2 N–H and O–H groups in total. The van der Waals surface area contributed by atoms with E-state index >= 15 is 0 Å². The van der Waals surface area contributed by atoms with Crippen LogP contribution in [0.15, 0.2) is 11.8 Å². The van der Waals surface area contributed by atoms with Crippen LogP contribution < -0.4 is 5.73 Å². The molecule has 48 valence electrons. The summed E-state index contributed by atoms with van der Waals surface area (Å²) in [5.41, 5.74) is 4.12. The fourth-order valence-electron chi connectivity index (χ4n) is 0.164. The molecule has 0 aliphatic carbocycles. The van der Waals surface area contributed by atoms with Crippen molar-refractivity contribution in [2.75, 3.05) is 0 Å². The molecule has 0 bridgehead atoms. The average Bonchev–Trinajstić information content (AvgIpc) is 1.62. The predicted molar refractivity (Wildman–Crippen MR) is 28.7 cm³/mol. The first-order valence-electron chi connectivity index (χ1n) is 1.97. The quantitative estimate of drug-likeness (QED) is 0.553. The van der Waals surface area contributed by atoms with Gasteiger partial charge in [-0.15, -0.1) is 0 Å². The average molecular weight is 142 g/mol. The van der Waals surface area contributed by atoms with Gasteiger partial charge < -0.3 is 5.73 Å². The molecule has 0 fully saturated rings. The Morgan fingerprint density at radius 1 is 1.75 bits per heavy atom. The Hall–Kier alpha value is -0.310. The minimum Gasteiger partial charge on any atom is -0.396 e. The van der Waals surface area contributed by atoms with Gasteiger partial charge in [0.1, 0.15) is 0 Å². The number of rotatable bonds is 1. The maximum Gasteiger partial charge on any atom is 0.361 e. The van der Waals surface area contributed by atoms with E-state index in [1.807, 2.05) is 0 Å². The molecule has 0 atom stereocenters. The summed E-state index contributed by atoms with van der Waals surface area (Å²) < 4.78 is 23.4. The van der Waals surface area contributed by atoms with Gasteiger partial charge in [-0.1, -0.05) is 6.08 Å². The molecule has 4 heteroatoms. The van der Waals surface area contributed by atoms with Crippen molar-refractivity contribution >= 4 is 11.6 Å². The van der Waals surface area contributed by atoms with E-state index in [1.54, 1.807) is 0 Å². The molecular weight excluding hydrogens is 136 g/mol. The van der Waals surface area contributed by atoms with E-state index in [2.05, 4.69) is 11.6 Å². The Morgan fingerprint density at radius 3 is 2.12 bits per heavy atom. The fraction of sp³-hybridized carbons (Fsp3) is 0.500. The zero-order valence-electron chi connectivity index (χ0n) is 4.29. The van der Waals surface area contributed by atoms with E-state index in [0.717, 1.165) is 6.08 Å². The summed E-state index contributed by atoms with van der Waals surface area (Å²) in [6.07, 6.45) is 1.06. The lowest BCUT2D eigenvalue weighted by Crippen LogP contribution is -2.17. The van der Waals surface area contributed by atoms with Gasteiger partial charge in [-0.25, -0.2) is 0 Å². The summed E-state index contributed by atoms with van der Waals surface area (Å²) in [5.74, 6) is 0.